The molecule has 6 nitrogen and oxygen atoms in total. The maximum atomic E-state index is 13.9. The van der Waals surface area contributed by atoms with E-state index in [-0.39, 0.29) is 17.4 Å². The molecule has 0 fully saturated rings. The summed E-state index contributed by atoms with van der Waals surface area (Å²) in [5, 5.41) is 11.8. The van der Waals surface area contributed by atoms with Crippen LogP contribution in [0.5, 0.6) is 5.75 Å². The molecule has 0 aliphatic rings. The van der Waals surface area contributed by atoms with Gasteiger partial charge in [-0.3, -0.25) is 4.79 Å². The Morgan fingerprint density at radius 1 is 1.19 bits per heavy atom. The third-order valence-electron chi connectivity index (χ3n) is 4.61. The Labute approximate surface area is 184 Å². The van der Waals surface area contributed by atoms with Crippen molar-refractivity contribution in [1.29, 1.82) is 0 Å². The zero-order chi connectivity index (χ0) is 22.5. The van der Waals surface area contributed by atoms with Gasteiger partial charge in [-0.1, -0.05) is 29.5 Å². The molecule has 0 radical (unpaired) electrons. The van der Waals surface area contributed by atoms with Crippen LogP contribution in [-0.2, 0) is 11.3 Å². The van der Waals surface area contributed by atoms with E-state index in [1.54, 1.807) is 11.5 Å². The Kier molecular flexibility index (Phi) is 7.27. The summed E-state index contributed by atoms with van der Waals surface area (Å²) in [6.45, 7) is 8.11. The second kappa shape index (κ2) is 9.91. The van der Waals surface area contributed by atoms with Crippen molar-refractivity contribution in [2.45, 2.75) is 45.5 Å². The lowest BCUT2D eigenvalue weighted by atomic mass is 10.1. The van der Waals surface area contributed by atoms with E-state index in [0.29, 0.717) is 17.5 Å². The Balaban J connectivity index is 1.65. The molecule has 0 saturated heterocycles. The molecular weight excluding hydrogens is 422 g/mol. The van der Waals surface area contributed by atoms with Crippen molar-refractivity contribution >= 4 is 23.4 Å². The first-order chi connectivity index (χ1) is 14.8. The molecule has 1 atom stereocenters. The number of nitrogens with zero attached hydrogens (tertiary/aromatic N) is 3. The number of aromatic nitrogens is 3. The molecule has 3 rings (SSSR count). The van der Waals surface area contributed by atoms with E-state index in [1.165, 1.54) is 17.8 Å². The number of aryl methyl sites for hydroxylation is 2. The Morgan fingerprint density at radius 2 is 1.97 bits per heavy atom. The van der Waals surface area contributed by atoms with Gasteiger partial charge in [-0.2, -0.15) is 0 Å². The van der Waals surface area contributed by atoms with Gasteiger partial charge in [0.25, 0.3) is 0 Å². The average Bonchev–Trinajstić information content (AvgIpc) is 3.13. The molecule has 0 aliphatic heterocycles. The van der Waals surface area contributed by atoms with Crippen molar-refractivity contribution in [3.63, 3.8) is 0 Å². The number of thioether (sulfide) groups is 1. The Morgan fingerprint density at radius 3 is 2.65 bits per heavy atom. The monoisotopic (exact) mass is 446 g/mol. The van der Waals surface area contributed by atoms with E-state index >= 15 is 0 Å². The fraction of sp³-hybridized carbons (Fsp3) is 0.318. The molecule has 2 aromatic carbocycles. The number of hydrogen-bond acceptors (Lipinski definition) is 5. The second-order valence-corrected chi connectivity index (χ2v) is 8.02. The Hall–Kier alpha value is -2.94. The van der Waals surface area contributed by atoms with Gasteiger partial charge < -0.3 is 14.6 Å². The largest absolute Gasteiger partial charge is 0.480 e. The summed E-state index contributed by atoms with van der Waals surface area (Å²) < 4.78 is 34.4. The Bertz CT molecular complexity index is 1090. The number of nitrogens with one attached hydrogen (secondary N) is 1. The standard InChI is InChI=1S/C22H24F2N4O2S/c1-5-28-21(15(4)30-19-9-7-16(23)11-17(19)24)26-27-22(28)31-12-20(29)25-18-8-6-13(2)10-14(18)3/h6-11,15H,5,12H2,1-4H3,(H,25,29). The van der Waals surface area contributed by atoms with Crippen LogP contribution < -0.4 is 10.1 Å². The number of halogens is 2. The molecular formula is C22H24F2N4O2S. The minimum atomic E-state index is -0.785. The number of rotatable bonds is 8. The van der Waals surface area contributed by atoms with Crippen molar-refractivity contribution in [2.75, 3.05) is 11.1 Å². The first-order valence-electron chi connectivity index (χ1n) is 9.83. The number of ether oxygens (including phenoxy) is 1. The lowest BCUT2D eigenvalue weighted by Crippen LogP contribution is -2.16. The van der Waals surface area contributed by atoms with Gasteiger partial charge in [-0.05, 0) is 51.5 Å². The fourth-order valence-corrected chi connectivity index (χ4v) is 3.90. The second-order valence-electron chi connectivity index (χ2n) is 7.08. The topological polar surface area (TPSA) is 69.0 Å². The van der Waals surface area contributed by atoms with Gasteiger partial charge in [0.1, 0.15) is 5.82 Å². The zero-order valence-corrected chi connectivity index (χ0v) is 18.6. The summed E-state index contributed by atoms with van der Waals surface area (Å²) in [6.07, 6.45) is -0.620. The lowest BCUT2D eigenvalue weighted by molar-refractivity contribution is -0.113. The molecule has 164 valence electrons. The molecule has 0 aliphatic carbocycles. The normalized spacial score (nSPS) is 11.9. The van der Waals surface area contributed by atoms with Crippen LogP contribution in [0.25, 0.3) is 0 Å². The van der Waals surface area contributed by atoms with Gasteiger partial charge in [0.2, 0.25) is 5.91 Å². The van der Waals surface area contributed by atoms with Crippen LogP contribution in [0.3, 0.4) is 0 Å². The SMILES string of the molecule is CCn1c(SCC(=O)Nc2ccc(C)cc2C)nnc1C(C)Oc1ccc(F)cc1F. The van der Waals surface area contributed by atoms with Gasteiger partial charge in [0, 0.05) is 18.3 Å². The van der Waals surface area contributed by atoms with E-state index in [0.717, 1.165) is 28.9 Å². The number of anilines is 1. The van der Waals surface area contributed by atoms with Gasteiger partial charge in [0.05, 0.1) is 5.75 Å². The predicted molar refractivity (Wildman–Crippen MR) is 116 cm³/mol. The number of carbonyl (C=O) groups excluding carboxylic acids is 1. The summed E-state index contributed by atoms with van der Waals surface area (Å²) in [7, 11) is 0. The number of hydrogen-bond donors (Lipinski definition) is 1. The number of carbonyl (C=O) groups is 1. The molecule has 1 aromatic heterocycles. The molecule has 1 unspecified atom stereocenters. The lowest BCUT2D eigenvalue weighted by Gasteiger charge is -2.16. The molecule has 9 heteroatoms. The summed E-state index contributed by atoms with van der Waals surface area (Å²) >= 11 is 1.26. The van der Waals surface area contributed by atoms with Crippen LogP contribution in [0.1, 0.15) is 36.9 Å². The van der Waals surface area contributed by atoms with Crippen LogP contribution in [0, 0.1) is 25.5 Å². The summed E-state index contributed by atoms with van der Waals surface area (Å²) in [6, 6.07) is 8.97. The smallest absolute Gasteiger partial charge is 0.234 e. The number of benzene rings is 2. The van der Waals surface area contributed by atoms with Crippen molar-refractivity contribution < 1.29 is 18.3 Å². The molecule has 1 heterocycles. The molecule has 0 spiro atoms. The summed E-state index contributed by atoms with van der Waals surface area (Å²) in [5.41, 5.74) is 2.90. The van der Waals surface area contributed by atoms with E-state index in [1.807, 2.05) is 39.0 Å². The van der Waals surface area contributed by atoms with Crippen LogP contribution in [0.2, 0.25) is 0 Å². The van der Waals surface area contributed by atoms with E-state index in [2.05, 4.69) is 15.5 Å². The summed E-state index contributed by atoms with van der Waals surface area (Å²) in [5.74, 6) is -1.03. The highest BCUT2D eigenvalue weighted by Gasteiger charge is 2.20. The third kappa shape index (κ3) is 5.61. The highest BCUT2D eigenvalue weighted by atomic mass is 32.2. The van der Waals surface area contributed by atoms with E-state index in [4.69, 9.17) is 4.74 Å². The van der Waals surface area contributed by atoms with Gasteiger partial charge >= 0.3 is 0 Å². The first-order valence-corrected chi connectivity index (χ1v) is 10.8. The molecule has 1 amide bonds. The third-order valence-corrected chi connectivity index (χ3v) is 5.58. The van der Waals surface area contributed by atoms with Crippen LogP contribution in [0.4, 0.5) is 14.5 Å². The number of amides is 1. The van der Waals surface area contributed by atoms with Crippen LogP contribution in [-0.4, -0.2) is 26.4 Å². The van der Waals surface area contributed by atoms with Gasteiger partial charge in [-0.15, -0.1) is 10.2 Å². The van der Waals surface area contributed by atoms with Crippen LogP contribution in [0.15, 0.2) is 41.6 Å². The minimum Gasteiger partial charge on any atom is -0.480 e. The van der Waals surface area contributed by atoms with E-state index in [9.17, 15) is 13.6 Å². The van der Waals surface area contributed by atoms with Crippen molar-refractivity contribution in [1.82, 2.24) is 14.8 Å². The van der Waals surface area contributed by atoms with E-state index < -0.39 is 17.7 Å². The predicted octanol–water partition coefficient (Wildman–Crippen LogP) is 5.06. The fourth-order valence-electron chi connectivity index (χ4n) is 3.09. The average molecular weight is 447 g/mol. The molecule has 31 heavy (non-hydrogen) atoms. The van der Waals surface area contributed by atoms with Crippen molar-refractivity contribution in [3.05, 3.63) is 65.0 Å². The maximum Gasteiger partial charge on any atom is 0.234 e. The highest BCUT2D eigenvalue weighted by Crippen LogP contribution is 2.27. The quantitative estimate of drug-likeness (QED) is 0.490. The highest BCUT2D eigenvalue weighted by molar-refractivity contribution is 7.99. The zero-order valence-electron chi connectivity index (χ0n) is 17.8. The first kappa shape index (κ1) is 22.7. The molecule has 1 N–H and O–H groups in total. The van der Waals surface area contributed by atoms with Crippen LogP contribution >= 0.6 is 11.8 Å². The van der Waals surface area contributed by atoms with Gasteiger partial charge in [0.15, 0.2) is 28.7 Å². The van der Waals surface area contributed by atoms with Crippen molar-refractivity contribution in [2.24, 2.45) is 0 Å². The molecule has 0 saturated carbocycles. The minimum absolute atomic E-state index is 0.0680. The summed E-state index contributed by atoms with van der Waals surface area (Å²) in [4.78, 5) is 12.4. The van der Waals surface area contributed by atoms with Crippen molar-refractivity contribution in [3.8, 4) is 5.75 Å². The maximum absolute atomic E-state index is 13.9. The van der Waals surface area contributed by atoms with Gasteiger partial charge in [-0.25, -0.2) is 8.78 Å². The molecule has 0 bridgehead atoms. The molecule has 3 aromatic rings.